The number of carbonyl (C=O) groups excluding carboxylic acids is 1. The van der Waals surface area contributed by atoms with Gasteiger partial charge in [-0.05, 0) is 47.2 Å². The van der Waals surface area contributed by atoms with Crippen LogP contribution in [-0.4, -0.2) is 27.3 Å². The maximum absolute atomic E-state index is 12.2. The van der Waals surface area contributed by atoms with Crippen molar-refractivity contribution in [1.29, 1.82) is 0 Å². The van der Waals surface area contributed by atoms with Crippen LogP contribution in [0.5, 0.6) is 0 Å². The Balaban J connectivity index is 1.56. The van der Waals surface area contributed by atoms with E-state index >= 15 is 0 Å². The predicted octanol–water partition coefficient (Wildman–Crippen LogP) is 0.841. The molecule has 32 heavy (non-hydrogen) atoms. The van der Waals surface area contributed by atoms with Crippen LogP contribution >= 0.6 is 0 Å². The summed E-state index contributed by atoms with van der Waals surface area (Å²) in [5.41, 5.74) is 24.3. The summed E-state index contributed by atoms with van der Waals surface area (Å²) >= 11 is 0. The molecule has 0 saturated heterocycles. The highest BCUT2D eigenvalue weighted by Gasteiger charge is 2.09. The average molecular weight is 435 g/mol. The molecule has 3 rings (SSSR count). The molecule has 166 valence electrons. The summed E-state index contributed by atoms with van der Waals surface area (Å²) in [7, 11) is 0. The Labute approximate surface area is 185 Å². The van der Waals surface area contributed by atoms with Crippen molar-refractivity contribution in [2.24, 2.45) is 16.6 Å². The lowest BCUT2D eigenvalue weighted by molar-refractivity contribution is 0.0950. The molecule has 2 heterocycles. The van der Waals surface area contributed by atoms with Gasteiger partial charge in [0.05, 0.1) is 24.5 Å². The molecule has 0 fully saturated rings. The predicted molar refractivity (Wildman–Crippen MR) is 125 cm³/mol. The van der Waals surface area contributed by atoms with E-state index in [-0.39, 0.29) is 5.91 Å². The van der Waals surface area contributed by atoms with E-state index in [4.69, 9.17) is 23.0 Å². The van der Waals surface area contributed by atoms with Gasteiger partial charge < -0.3 is 27.9 Å². The van der Waals surface area contributed by atoms with E-state index in [1.54, 1.807) is 36.7 Å². The van der Waals surface area contributed by atoms with E-state index in [0.717, 1.165) is 22.4 Å². The fraction of sp³-hybridized carbons (Fsp3) is 0.143. The molecule has 0 spiro atoms. The van der Waals surface area contributed by atoms with Crippen LogP contribution < -0.4 is 33.8 Å². The van der Waals surface area contributed by atoms with Crippen LogP contribution in [0.1, 0.15) is 27.2 Å². The summed E-state index contributed by atoms with van der Waals surface area (Å²) in [4.78, 5) is 20.7. The van der Waals surface area contributed by atoms with Crippen LogP contribution in [0.4, 0.5) is 17.3 Å². The Hall–Kier alpha value is -4.38. The van der Waals surface area contributed by atoms with E-state index in [1.807, 2.05) is 12.1 Å². The van der Waals surface area contributed by atoms with Crippen LogP contribution in [-0.2, 0) is 19.5 Å². The number of hydrogen-bond acceptors (Lipinski definition) is 9. The number of hydrogen-bond donors (Lipinski definition) is 7. The Morgan fingerprint density at radius 1 is 1.19 bits per heavy atom. The highest BCUT2D eigenvalue weighted by molar-refractivity contribution is 5.94. The number of nitrogens with one attached hydrogen (secondary N) is 3. The van der Waals surface area contributed by atoms with E-state index in [9.17, 15) is 4.79 Å². The van der Waals surface area contributed by atoms with Crippen molar-refractivity contribution < 1.29 is 4.79 Å². The number of amides is 1. The zero-order chi connectivity index (χ0) is 22.9. The zero-order valence-electron chi connectivity index (χ0n) is 17.4. The number of hydrazine groups is 1. The van der Waals surface area contributed by atoms with Crippen molar-refractivity contribution in [2.75, 3.05) is 16.9 Å². The second-order valence-corrected chi connectivity index (χ2v) is 6.96. The normalized spacial score (nSPS) is 11.6. The summed E-state index contributed by atoms with van der Waals surface area (Å²) in [5.74, 6) is 5.86. The van der Waals surface area contributed by atoms with Crippen LogP contribution in [0.15, 0.2) is 59.4 Å². The number of H-pyrrole nitrogens is 1. The molecule has 3 aromatic rings. The Morgan fingerprint density at radius 3 is 2.62 bits per heavy atom. The van der Waals surface area contributed by atoms with Gasteiger partial charge in [0, 0.05) is 24.4 Å². The van der Waals surface area contributed by atoms with Gasteiger partial charge in [-0.1, -0.05) is 12.1 Å². The molecule has 0 aliphatic heterocycles. The Kier molecular flexibility index (Phi) is 7.38. The third-order valence-corrected chi connectivity index (χ3v) is 4.65. The van der Waals surface area contributed by atoms with Crippen LogP contribution in [0.25, 0.3) is 0 Å². The monoisotopic (exact) mass is 434 g/mol. The molecule has 2 aromatic heterocycles. The van der Waals surface area contributed by atoms with E-state index < -0.39 is 0 Å². The van der Waals surface area contributed by atoms with Gasteiger partial charge in [-0.15, -0.1) is 0 Å². The van der Waals surface area contributed by atoms with Crippen LogP contribution in [0.3, 0.4) is 0 Å². The number of aromatic amines is 1. The quantitative estimate of drug-likeness (QED) is 0.146. The number of pyridine rings is 1. The SMILES string of the molecule is NC=C(C=NCc1ccc(C(=O)NCc2ccn[nH]2)cc1)Cc1cc(N)nc(NN)c1N. The lowest BCUT2D eigenvalue weighted by Crippen LogP contribution is -2.22. The minimum Gasteiger partial charge on any atom is -0.404 e. The van der Waals surface area contributed by atoms with Crippen molar-refractivity contribution in [2.45, 2.75) is 19.5 Å². The fourth-order valence-corrected chi connectivity index (χ4v) is 2.94. The first-order valence-corrected chi connectivity index (χ1v) is 9.77. The van der Waals surface area contributed by atoms with E-state index in [2.05, 4.69) is 30.9 Å². The molecule has 0 atom stereocenters. The number of nitrogens with zero attached hydrogens (tertiary/aromatic N) is 3. The lowest BCUT2D eigenvalue weighted by atomic mass is 10.1. The Morgan fingerprint density at radius 2 is 1.97 bits per heavy atom. The van der Waals surface area contributed by atoms with Crippen molar-refractivity contribution in [1.82, 2.24) is 20.5 Å². The molecule has 0 aliphatic carbocycles. The minimum atomic E-state index is -0.163. The number of rotatable bonds is 9. The largest absolute Gasteiger partial charge is 0.404 e. The lowest BCUT2D eigenvalue weighted by Gasteiger charge is -2.11. The van der Waals surface area contributed by atoms with Gasteiger partial charge in [-0.3, -0.25) is 14.9 Å². The third kappa shape index (κ3) is 5.83. The molecule has 1 aromatic carbocycles. The number of carbonyl (C=O) groups is 1. The smallest absolute Gasteiger partial charge is 0.251 e. The summed E-state index contributed by atoms with van der Waals surface area (Å²) < 4.78 is 0. The molecule has 0 aliphatic rings. The Bertz CT molecular complexity index is 1100. The molecule has 0 unspecified atom stereocenters. The van der Waals surface area contributed by atoms with Crippen molar-refractivity contribution in [3.63, 3.8) is 0 Å². The van der Waals surface area contributed by atoms with Gasteiger partial charge in [-0.2, -0.15) is 5.10 Å². The van der Waals surface area contributed by atoms with Gasteiger partial charge in [0.25, 0.3) is 5.91 Å². The fourth-order valence-electron chi connectivity index (χ4n) is 2.94. The van der Waals surface area contributed by atoms with E-state index in [0.29, 0.717) is 42.4 Å². The summed E-state index contributed by atoms with van der Waals surface area (Å²) in [6.45, 7) is 0.812. The topological polar surface area (TPSA) is 199 Å². The molecular weight excluding hydrogens is 408 g/mol. The molecule has 11 heteroatoms. The van der Waals surface area contributed by atoms with Gasteiger partial charge >= 0.3 is 0 Å². The molecule has 11 nitrogen and oxygen atoms in total. The minimum absolute atomic E-state index is 0.163. The van der Waals surface area contributed by atoms with Crippen molar-refractivity contribution >= 4 is 29.4 Å². The highest BCUT2D eigenvalue weighted by atomic mass is 16.1. The standard InChI is InChI=1S/C21H26N10O/c22-9-14(7-16-8-18(23)29-20(30-25)19(16)24)11-26-10-13-1-3-15(4-2-13)21(32)27-12-17-5-6-28-31-17/h1-6,8-9,11H,7,10,12,22,24-25H2,(H,27,32)(H,28,31)(H3,23,29,30). The molecular formula is C21H26N10O. The van der Waals surface area contributed by atoms with E-state index in [1.165, 1.54) is 6.20 Å². The maximum Gasteiger partial charge on any atom is 0.251 e. The molecule has 0 radical (unpaired) electrons. The first kappa shape index (κ1) is 22.3. The van der Waals surface area contributed by atoms with Crippen LogP contribution in [0.2, 0.25) is 0 Å². The first-order chi connectivity index (χ1) is 15.5. The van der Waals surface area contributed by atoms with Gasteiger partial charge in [-0.25, -0.2) is 10.8 Å². The molecule has 1 amide bonds. The second-order valence-electron chi connectivity index (χ2n) is 6.96. The number of anilines is 3. The number of nitrogens with two attached hydrogens (primary N) is 4. The summed E-state index contributed by atoms with van der Waals surface area (Å²) in [6.07, 6.45) is 5.19. The van der Waals surface area contributed by atoms with Crippen molar-refractivity contribution in [3.05, 3.63) is 76.8 Å². The average Bonchev–Trinajstić information content (AvgIpc) is 3.33. The summed E-state index contributed by atoms with van der Waals surface area (Å²) in [5, 5.41) is 9.47. The number of aromatic nitrogens is 3. The highest BCUT2D eigenvalue weighted by Crippen LogP contribution is 2.24. The molecule has 0 saturated carbocycles. The number of allylic oxidation sites excluding steroid dienone is 1. The first-order valence-electron chi connectivity index (χ1n) is 9.77. The van der Waals surface area contributed by atoms with Gasteiger partial charge in [0.2, 0.25) is 0 Å². The van der Waals surface area contributed by atoms with Crippen molar-refractivity contribution in [3.8, 4) is 0 Å². The maximum atomic E-state index is 12.2. The van der Waals surface area contributed by atoms with Crippen LogP contribution in [0, 0.1) is 0 Å². The molecule has 11 N–H and O–H groups in total. The third-order valence-electron chi connectivity index (χ3n) is 4.65. The second kappa shape index (κ2) is 10.6. The van der Waals surface area contributed by atoms with Gasteiger partial charge in [0.15, 0.2) is 5.82 Å². The number of aliphatic imine (C=N–C) groups is 1. The zero-order valence-corrected chi connectivity index (χ0v) is 17.4. The number of benzene rings is 1. The summed E-state index contributed by atoms with van der Waals surface area (Å²) in [6, 6.07) is 10.7. The molecule has 0 bridgehead atoms. The number of nitrogen functional groups attached to an aromatic ring is 3. The van der Waals surface area contributed by atoms with Gasteiger partial charge in [0.1, 0.15) is 5.82 Å².